The molecule has 0 saturated heterocycles. The Kier molecular flexibility index (Phi) is 3.99. The standard InChI is InChI=1S/C20H20B2N8O3/c1-11-6-14-24-10-25-28(14)8-12(11)26-16-23-7-13-15(27-16)30(17(31)29(13)20(21,22)33)18-2-4-19(32,9-18)5-3-18/h6-8,10,32-33H,2-5,9H2,1H3,(H,23,26,27). The molecule has 6 rings (SSSR count). The van der Waals surface area contributed by atoms with Gasteiger partial charge in [0.25, 0.3) is 0 Å². The molecule has 0 spiro atoms. The Morgan fingerprint density at radius 2 is 1.97 bits per heavy atom. The smallest absolute Gasteiger partial charge is 0.331 e. The molecule has 2 aliphatic carbocycles. The molecular weight excluding hydrogens is 422 g/mol. The lowest BCUT2D eigenvalue weighted by molar-refractivity contribution is 0.0521. The van der Waals surface area contributed by atoms with Crippen LogP contribution in [0.4, 0.5) is 11.6 Å². The molecule has 4 aromatic heterocycles. The van der Waals surface area contributed by atoms with Crippen molar-refractivity contribution in [2.24, 2.45) is 0 Å². The monoisotopic (exact) mass is 442 g/mol. The molecule has 2 saturated carbocycles. The molecule has 2 fully saturated rings. The van der Waals surface area contributed by atoms with E-state index in [2.05, 4.69) is 25.4 Å². The van der Waals surface area contributed by atoms with E-state index in [1.54, 1.807) is 10.7 Å². The highest BCUT2D eigenvalue weighted by molar-refractivity contribution is 6.36. The molecule has 0 atom stereocenters. The number of aryl methyl sites for hydroxylation is 1. The fourth-order valence-electron chi connectivity index (χ4n) is 5.47. The van der Waals surface area contributed by atoms with Crippen molar-refractivity contribution < 1.29 is 10.2 Å². The van der Waals surface area contributed by atoms with Gasteiger partial charge in [-0.05, 0) is 50.7 Å². The second-order valence-electron chi connectivity index (χ2n) is 9.32. The summed E-state index contributed by atoms with van der Waals surface area (Å²) in [4.78, 5) is 26.6. The van der Waals surface area contributed by atoms with E-state index in [1.807, 2.05) is 13.0 Å². The summed E-state index contributed by atoms with van der Waals surface area (Å²) in [6.45, 7) is 1.92. The lowest BCUT2D eigenvalue weighted by Gasteiger charge is -2.28. The summed E-state index contributed by atoms with van der Waals surface area (Å²) in [5.74, 6) is 0.246. The van der Waals surface area contributed by atoms with Gasteiger partial charge in [-0.15, -0.1) is 0 Å². The zero-order valence-corrected chi connectivity index (χ0v) is 17.9. The number of hydrogen-bond acceptors (Lipinski definition) is 8. The number of anilines is 2. The second-order valence-corrected chi connectivity index (χ2v) is 9.32. The molecule has 11 nitrogen and oxygen atoms in total. The Bertz CT molecular complexity index is 1480. The Morgan fingerprint density at radius 3 is 2.64 bits per heavy atom. The first kappa shape index (κ1) is 20.4. The molecule has 3 N–H and O–H groups in total. The molecular formula is C20H20B2N8O3. The van der Waals surface area contributed by atoms with Crippen LogP contribution in [0, 0.1) is 6.92 Å². The number of hydrogen-bond donors (Lipinski definition) is 3. The number of fused-ring (bicyclic) bond motifs is 4. The van der Waals surface area contributed by atoms with E-state index < -0.39 is 22.4 Å². The van der Waals surface area contributed by atoms with Crippen LogP contribution in [-0.4, -0.2) is 65.2 Å². The minimum Gasteiger partial charge on any atom is -0.390 e. The fraction of sp³-hybridized carbons (Fsp3) is 0.450. The van der Waals surface area contributed by atoms with E-state index in [4.69, 9.17) is 15.7 Å². The maximum atomic E-state index is 13.5. The third-order valence-corrected chi connectivity index (χ3v) is 7.06. The van der Waals surface area contributed by atoms with E-state index in [9.17, 15) is 15.0 Å². The minimum atomic E-state index is -2.43. The van der Waals surface area contributed by atoms with Gasteiger partial charge in [0.15, 0.2) is 11.3 Å². The van der Waals surface area contributed by atoms with E-state index in [0.717, 1.165) is 10.1 Å². The van der Waals surface area contributed by atoms with Crippen molar-refractivity contribution in [2.45, 2.75) is 55.7 Å². The summed E-state index contributed by atoms with van der Waals surface area (Å²) in [5, 5.41) is 28.4. The molecule has 0 aromatic carbocycles. The van der Waals surface area contributed by atoms with Gasteiger partial charge in [-0.2, -0.15) is 10.1 Å². The van der Waals surface area contributed by atoms with E-state index >= 15 is 0 Å². The first-order valence-electron chi connectivity index (χ1n) is 10.7. The lowest BCUT2D eigenvalue weighted by Crippen LogP contribution is -2.46. The maximum Gasteiger partial charge on any atom is 0.331 e. The van der Waals surface area contributed by atoms with Crippen LogP contribution in [0.25, 0.3) is 16.8 Å². The van der Waals surface area contributed by atoms with Gasteiger partial charge in [-0.3, -0.25) is 9.13 Å². The summed E-state index contributed by atoms with van der Waals surface area (Å²) in [7, 11) is 11.5. The van der Waals surface area contributed by atoms with E-state index in [1.165, 1.54) is 17.1 Å². The molecule has 0 unspecified atom stereocenters. The molecule has 4 radical (unpaired) electrons. The van der Waals surface area contributed by atoms with Crippen molar-refractivity contribution in [3.8, 4) is 0 Å². The number of rotatable bonds is 4. The lowest BCUT2D eigenvalue weighted by atomic mass is 9.73. The molecule has 0 aliphatic heterocycles. The number of nitrogens with zero attached hydrogens (tertiary/aromatic N) is 7. The summed E-state index contributed by atoms with van der Waals surface area (Å²) >= 11 is 0. The quantitative estimate of drug-likeness (QED) is 0.376. The Balaban J connectivity index is 1.52. The van der Waals surface area contributed by atoms with Crippen LogP contribution in [0.15, 0.2) is 29.6 Å². The maximum absolute atomic E-state index is 13.5. The van der Waals surface area contributed by atoms with Gasteiger partial charge in [0.1, 0.15) is 27.5 Å². The van der Waals surface area contributed by atoms with Gasteiger partial charge in [0, 0.05) is 0 Å². The van der Waals surface area contributed by atoms with Crippen molar-refractivity contribution in [2.75, 3.05) is 5.32 Å². The highest BCUT2D eigenvalue weighted by Crippen LogP contribution is 2.55. The SMILES string of the molecule is [B]C([B])(O)n1c(=O)n(C23CCC(O)(CC2)C3)c2nc(Nc3cn4ncnc4cc3C)ncc21. The molecule has 4 heterocycles. The van der Waals surface area contributed by atoms with Gasteiger partial charge in [-0.1, -0.05) is 0 Å². The minimum absolute atomic E-state index is 0.207. The second kappa shape index (κ2) is 6.45. The first-order chi connectivity index (χ1) is 15.6. The molecule has 13 heteroatoms. The average Bonchev–Trinajstić information content (AvgIpc) is 3.47. The van der Waals surface area contributed by atoms with Crippen molar-refractivity contribution in [3.63, 3.8) is 0 Å². The van der Waals surface area contributed by atoms with Gasteiger partial charge < -0.3 is 15.5 Å². The largest absolute Gasteiger partial charge is 0.390 e. The zero-order valence-electron chi connectivity index (χ0n) is 17.9. The molecule has 2 aliphatic rings. The Morgan fingerprint density at radius 1 is 1.21 bits per heavy atom. The van der Waals surface area contributed by atoms with Crippen molar-refractivity contribution in [3.05, 3.63) is 40.8 Å². The Labute approximate surface area is 190 Å². The fourth-order valence-corrected chi connectivity index (χ4v) is 5.47. The molecule has 4 aromatic rings. The predicted molar refractivity (Wildman–Crippen MR) is 121 cm³/mol. The van der Waals surface area contributed by atoms with Gasteiger partial charge in [0.05, 0.1) is 34.7 Å². The normalized spacial score (nSPS) is 24.8. The summed E-state index contributed by atoms with van der Waals surface area (Å²) in [6.07, 6.45) is 7.49. The molecule has 33 heavy (non-hydrogen) atoms. The van der Waals surface area contributed by atoms with Crippen LogP contribution in [0.2, 0.25) is 0 Å². The summed E-state index contributed by atoms with van der Waals surface area (Å²) < 4.78 is 4.04. The van der Waals surface area contributed by atoms with Gasteiger partial charge in [-0.25, -0.2) is 19.3 Å². The highest BCUT2D eigenvalue weighted by Gasteiger charge is 2.56. The van der Waals surface area contributed by atoms with E-state index in [-0.39, 0.29) is 17.1 Å². The average molecular weight is 442 g/mol. The van der Waals surface area contributed by atoms with Crippen LogP contribution in [0.5, 0.6) is 0 Å². The third kappa shape index (κ3) is 2.95. The number of aliphatic hydroxyl groups is 2. The number of nitrogens with one attached hydrogen (secondary N) is 1. The number of pyridine rings is 1. The summed E-state index contributed by atoms with van der Waals surface area (Å²) in [5.41, 5.74) is -1.62. The van der Waals surface area contributed by atoms with Crippen LogP contribution in [-0.2, 0) is 11.1 Å². The molecule has 0 amide bonds. The van der Waals surface area contributed by atoms with Crippen LogP contribution in [0.1, 0.15) is 37.7 Å². The van der Waals surface area contributed by atoms with Crippen LogP contribution in [0.3, 0.4) is 0 Å². The Hall–Kier alpha value is -3.18. The third-order valence-electron chi connectivity index (χ3n) is 7.06. The van der Waals surface area contributed by atoms with Crippen LogP contribution >= 0.6 is 0 Å². The van der Waals surface area contributed by atoms with E-state index in [0.29, 0.717) is 43.4 Å². The van der Waals surface area contributed by atoms with Crippen molar-refractivity contribution in [1.29, 1.82) is 0 Å². The zero-order chi connectivity index (χ0) is 23.2. The molecule has 2 bridgehead atoms. The topological polar surface area (TPSA) is 135 Å². The van der Waals surface area contributed by atoms with Crippen molar-refractivity contribution in [1.82, 2.24) is 33.7 Å². The van der Waals surface area contributed by atoms with Crippen LogP contribution < -0.4 is 11.0 Å². The molecule has 164 valence electrons. The van der Waals surface area contributed by atoms with Gasteiger partial charge in [0.2, 0.25) is 5.95 Å². The number of aromatic nitrogens is 7. The predicted octanol–water partition coefficient (Wildman–Crippen LogP) is -0.0111. The highest BCUT2D eigenvalue weighted by atomic mass is 16.3. The summed E-state index contributed by atoms with van der Waals surface area (Å²) in [6, 6.07) is 1.88. The first-order valence-corrected chi connectivity index (χ1v) is 10.7. The van der Waals surface area contributed by atoms with Crippen molar-refractivity contribution >= 4 is 44.1 Å². The van der Waals surface area contributed by atoms with Gasteiger partial charge >= 0.3 is 5.69 Å². The number of imidazole rings is 1.